The zero-order valence-electron chi connectivity index (χ0n) is 12.5. The highest BCUT2D eigenvalue weighted by Crippen LogP contribution is 2.28. The molecule has 2 aromatic carbocycles. The Bertz CT molecular complexity index is 987. The van der Waals surface area contributed by atoms with Crippen molar-refractivity contribution in [2.24, 2.45) is 5.73 Å². The van der Waals surface area contributed by atoms with E-state index in [1.807, 2.05) is 0 Å². The summed E-state index contributed by atoms with van der Waals surface area (Å²) in [5, 5.41) is 0. The van der Waals surface area contributed by atoms with E-state index in [0.29, 0.717) is 16.6 Å². The maximum absolute atomic E-state index is 12.2. The monoisotopic (exact) mass is 352 g/mol. The summed E-state index contributed by atoms with van der Waals surface area (Å²) in [6, 6.07) is 10.0. The minimum Gasteiger partial charge on any atom is -0.408 e. The number of rotatable bonds is 4. The minimum atomic E-state index is -4.76. The lowest BCUT2D eigenvalue weighted by Crippen LogP contribution is -2.24. The Balaban J connectivity index is 1.98. The van der Waals surface area contributed by atoms with Crippen LogP contribution >= 0.6 is 0 Å². The number of alkyl halides is 3. The normalized spacial score (nSPS) is 11.6. The molecule has 1 aromatic heterocycles. The second-order valence-electron chi connectivity index (χ2n) is 5.18. The van der Waals surface area contributed by atoms with Gasteiger partial charge in [-0.2, -0.15) is 0 Å². The maximum atomic E-state index is 12.2. The number of oxazole rings is 1. The number of benzene rings is 2. The molecule has 0 unspecified atom stereocenters. The summed E-state index contributed by atoms with van der Waals surface area (Å²) in [5.41, 5.74) is 6.95. The van der Waals surface area contributed by atoms with Crippen LogP contribution in [-0.4, -0.2) is 16.8 Å². The molecule has 0 aliphatic heterocycles. The van der Waals surface area contributed by atoms with Crippen molar-refractivity contribution in [1.82, 2.24) is 4.57 Å². The highest BCUT2D eigenvalue weighted by atomic mass is 19.4. The number of halogens is 3. The molecule has 9 heteroatoms. The number of amides is 1. The van der Waals surface area contributed by atoms with Gasteiger partial charge in [-0.15, -0.1) is 13.2 Å². The van der Waals surface area contributed by atoms with E-state index in [1.54, 1.807) is 12.1 Å². The second-order valence-corrected chi connectivity index (χ2v) is 5.18. The summed E-state index contributed by atoms with van der Waals surface area (Å²) >= 11 is 0. The standard InChI is InChI=1S/C16H11F3N2O4/c17-16(18,19)25-11-4-1-9(2-5-11)10-3-6-13-12(7-10)21(8-14(20)22)15(23)24-13/h1-7H,8H2,(H2,20,22). The molecule has 0 bridgehead atoms. The average molecular weight is 352 g/mol. The van der Waals surface area contributed by atoms with Gasteiger partial charge in [-0.05, 0) is 35.4 Å². The Morgan fingerprint density at radius 1 is 1.12 bits per heavy atom. The number of fused-ring (bicyclic) bond motifs is 1. The van der Waals surface area contributed by atoms with Crippen LogP contribution in [0.15, 0.2) is 51.7 Å². The van der Waals surface area contributed by atoms with Crippen LogP contribution in [0.25, 0.3) is 22.2 Å². The van der Waals surface area contributed by atoms with Crippen molar-refractivity contribution >= 4 is 17.0 Å². The molecular formula is C16H11F3N2O4. The fourth-order valence-corrected chi connectivity index (χ4v) is 2.40. The lowest BCUT2D eigenvalue weighted by Gasteiger charge is -2.09. The number of nitrogens with two attached hydrogens (primary N) is 1. The SMILES string of the molecule is NC(=O)Cn1c(=O)oc2ccc(-c3ccc(OC(F)(F)F)cc3)cc21. The molecule has 130 valence electrons. The van der Waals surface area contributed by atoms with Crippen LogP contribution in [0, 0.1) is 0 Å². The molecule has 0 saturated heterocycles. The third kappa shape index (κ3) is 3.65. The quantitative estimate of drug-likeness (QED) is 0.782. The topological polar surface area (TPSA) is 87.5 Å². The fourth-order valence-electron chi connectivity index (χ4n) is 2.40. The first kappa shape index (κ1) is 16.6. The highest BCUT2D eigenvalue weighted by Gasteiger charge is 2.30. The summed E-state index contributed by atoms with van der Waals surface area (Å²) in [7, 11) is 0. The van der Waals surface area contributed by atoms with Crippen LogP contribution in [0.2, 0.25) is 0 Å². The molecule has 0 aliphatic rings. The number of ether oxygens (including phenoxy) is 1. The van der Waals surface area contributed by atoms with E-state index >= 15 is 0 Å². The van der Waals surface area contributed by atoms with Gasteiger partial charge in [0.15, 0.2) is 5.58 Å². The van der Waals surface area contributed by atoms with Crippen molar-refractivity contribution in [2.75, 3.05) is 0 Å². The molecule has 0 aliphatic carbocycles. The summed E-state index contributed by atoms with van der Waals surface area (Å²) in [6.45, 7) is -0.340. The van der Waals surface area contributed by atoms with Crippen LogP contribution in [0.4, 0.5) is 13.2 Å². The fraction of sp³-hybridized carbons (Fsp3) is 0.125. The lowest BCUT2D eigenvalue weighted by atomic mass is 10.1. The van der Waals surface area contributed by atoms with Crippen LogP contribution in [0.5, 0.6) is 5.75 Å². The van der Waals surface area contributed by atoms with E-state index < -0.39 is 18.0 Å². The van der Waals surface area contributed by atoms with Gasteiger partial charge in [0.05, 0.1) is 5.52 Å². The van der Waals surface area contributed by atoms with Crippen LogP contribution in [-0.2, 0) is 11.3 Å². The number of primary amides is 1. The molecule has 0 saturated carbocycles. The van der Waals surface area contributed by atoms with Gasteiger partial charge in [-0.1, -0.05) is 18.2 Å². The molecular weight excluding hydrogens is 341 g/mol. The lowest BCUT2D eigenvalue weighted by molar-refractivity contribution is -0.274. The van der Waals surface area contributed by atoms with Gasteiger partial charge < -0.3 is 14.9 Å². The summed E-state index contributed by atoms with van der Waals surface area (Å²) < 4.78 is 46.5. The Morgan fingerprint density at radius 3 is 2.36 bits per heavy atom. The Hall–Kier alpha value is -3.23. The summed E-state index contributed by atoms with van der Waals surface area (Å²) in [4.78, 5) is 22.8. The van der Waals surface area contributed by atoms with Crippen molar-refractivity contribution in [3.05, 3.63) is 53.0 Å². The first-order chi connectivity index (χ1) is 11.7. The maximum Gasteiger partial charge on any atom is 0.573 e. The van der Waals surface area contributed by atoms with Gasteiger partial charge in [0.1, 0.15) is 12.3 Å². The van der Waals surface area contributed by atoms with Gasteiger partial charge >= 0.3 is 12.1 Å². The molecule has 25 heavy (non-hydrogen) atoms. The van der Waals surface area contributed by atoms with Gasteiger partial charge in [-0.25, -0.2) is 4.79 Å². The van der Waals surface area contributed by atoms with E-state index in [0.717, 1.165) is 4.57 Å². The van der Waals surface area contributed by atoms with Crippen molar-refractivity contribution in [1.29, 1.82) is 0 Å². The molecule has 0 spiro atoms. The number of carbonyl (C=O) groups is 1. The number of aromatic nitrogens is 1. The third-order valence-corrected chi connectivity index (χ3v) is 3.40. The van der Waals surface area contributed by atoms with Crippen molar-refractivity contribution < 1.29 is 27.1 Å². The summed E-state index contributed by atoms with van der Waals surface area (Å²) in [5.74, 6) is -1.77. The molecule has 3 aromatic rings. The number of nitrogens with zero attached hydrogens (tertiary/aromatic N) is 1. The predicted molar refractivity (Wildman–Crippen MR) is 81.8 cm³/mol. The number of hydrogen-bond acceptors (Lipinski definition) is 4. The van der Waals surface area contributed by atoms with Crippen LogP contribution < -0.4 is 16.2 Å². The molecule has 0 fully saturated rings. The molecule has 2 N–H and O–H groups in total. The van der Waals surface area contributed by atoms with Crippen LogP contribution in [0.1, 0.15) is 0 Å². The van der Waals surface area contributed by atoms with Crippen molar-refractivity contribution in [2.45, 2.75) is 12.9 Å². The van der Waals surface area contributed by atoms with Crippen LogP contribution in [0.3, 0.4) is 0 Å². The molecule has 3 rings (SSSR count). The van der Waals surface area contributed by atoms with E-state index in [4.69, 9.17) is 10.2 Å². The van der Waals surface area contributed by atoms with Gasteiger partial charge in [-0.3, -0.25) is 9.36 Å². The van der Waals surface area contributed by atoms with E-state index in [9.17, 15) is 22.8 Å². The molecule has 0 radical (unpaired) electrons. The average Bonchev–Trinajstić information content (AvgIpc) is 2.81. The van der Waals surface area contributed by atoms with Gasteiger partial charge in [0, 0.05) is 0 Å². The van der Waals surface area contributed by atoms with Crippen molar-refractivity contribution in [3.8, 4) is 16.9 Å². The van der Waals surface area contributed by atoms with E-state index in [-0.39, 0.29) is 17.9 Å². The second kappa shape index (κ2) is 6.00. The minimum absolute atomic E-state index is 0.270. The van der Waals surface area contributed by atoms with Crippen molar-refractivity contribution in [3.63, 3.8) is 0 Å². The predicted octanol–water partition coefficient (Wildman–Crippen LogP) is 2.65. The molecule has 0 atom stereocenters. The van der Waals surface area contributed by atoms with E-state index in [2.05, 4.69) is 4.74 Å². The molecule has 1 amide bonds. The molecule has 1 heterocycles. The van der Waals surface area contributed by atoms with Gasteiger partial charge in [0.25, 0.3) is 0 Å². The Labute approximate surface area is 138 Å². The number of carbonyl (C=O) groups excluding carboxylic acids is 1. The zero-order valence-corrected chi connectivity index (χ0v) is 12.5. The Morgan fingerprint density at radius 2 is 1.76 bits per heavy atom. The first-order valence-electron chi connectivity index (χ1n) is 7.01. The smallest absolute Gasteiger partial charge is 0.408 e. The van der Waals surface area contributed by atoms with Gasteiger partial charge in [0.2, 0.25) is 5.91 Å². The summed E-state index contributed by atoms with van der Waals surface area (Å²) in [6.07, 6.45) is -4.76. The highest BCUT2D eigenvalue weighted by molar-refractivity contribution is 5.82. The third-order valence-electron chi connectivity index (χ3n) is 3.40. The van der Waals surface area contributed by atoms with E-state index in [1.165, 1.54) is 30.3 Å². The Kier molecular flexibility index (Phi) is 3.99. The largest absolute Gasteiger partial charge is 0.573 e. The number of hydrogen-bond donors (Lipinski definition) is 1. The molecule has 6 nitrogen and oxygen atoms in total. The first-order valence-corrected chi connectivity index (χ1v) is 7.01. The zero-order chi connectivity index (χ0) is 18.2.